The molecule has 1 aromatic rings. The van der Waals surface area contributed by atoms with E-state index in [2.05, 4.69) is 10.7 Å². The molecule has 0 unspecified atom stereocenters. The van der Waals surface area contributed by atoms with E-state index in [4.69, 9.17) is 19.9 Å². The Hall–Kier alpha value is -2.23. The van der Waals surface area contributed by atoms with Crippen molar-refractivity contribution in [2.45, 2.75) is 26.4 Å². The summed E-state index contributed by atoms with van der Waals surface area (Å²) >= 11 is 0. The van der Waals surface area contributed by atoms with Gasteiger partial charge in [0.25, 0.3) is 0 Å². The summed E-state index contributed by atoms with van der Waals surface area (Å²) in [5.41, 5.74) is 9.59. The number of nitrogens with two attached hydrogens (primary N) is 1. The third kappa shape index (κ3) is 3.70. The van der Waals surface area contributed by atoms with E-state index in [0.717, 1.165) is 5.57 Å². The number of rotatable bonds is 4. The molecule has 0 bridgehead atoms. The van der Waals surface area contributed by atoms with Crippen LogP contribution in [0.1, 0.15) is 20.1 Å². The molecule has 2 heterocycles. The van der Waals surface area contributed by atoms with Crippen LogP contribution in [0.25, 0.3) is 0 Å². The van der Waals surface area contributed by atoms with Gasteiger partial charge in [0, 0.05) is 6.20 Å². The highest BCUT2D eigenvalue weighted by molar-refractivity contribution is 5.85. The number of allylic oxidation sites excluding steroid dienone is 1. The predicted molar refractivity (Wildman–Crippen MR) is 75.0 cm³/mol. The molecule has 1 fully saturated rings. The molecule has 9 heteroatoms. The van der Waals surface area contributed by atoms with Crippen molar-refractivity contribution in [2.75, 3.05) is 18.9 Å². The first-order valence-corrected chi connectivity index (χ1v) is 6.66. The molecule has 2 atom stereocenters. The monoisotopic (exact) mass is 311 g/mol. The molecule has 1 aliphatic heterocycles. The number of nitrogens with zero attached hydrogens (tertiary/aromatic N) is 2. The third-order valence-electron chi connectivity index (χ3n) is 3.10. The number of quaternary nitrogens is 1. The summed E-state index contributed by atoms with van der Waals surface area (Å²) in [7, 11) is 0. The Morgan fingerprint density at radius 3 is 2.95 bits per heavy atom. The largest absolute Gasteiger partial charge is 0.453 e. The topological polar surface area (TPSA) is 133 Å². The summed E-state index contributed by atoms with van der Waals surface area (Å²) < 4.78 is 17.2. The standard InChI is InChI=1S/C13H18N4O5/c1-7(2)11(15)12(18)21-6-10-20-5-9(22-10)17-4-3-8(14)16-13(17)19/h3-4,9-10H,5-6,15H2,1-2H3,(H2,14,16,19)/p+1/t9-,10-/m0/s1. The maximum atomic E-state index is 11.7. The molecule has 1 saturated heterocycles. The number of hydrogen-bond donors (Lipinski definition) is 2. The molecule has 0 aromatic carbocycles. The van der Waals surface area contributed by atoms with Crippen LogP contribution in [-0.4, -0.2) is 35.0 Å². The van der Waals surface area contributed by atoms with Crippen LogP contribution in [0.5, 0.6) is 0 Å². The van der Waals surface area contributed by atoms with Crippen LogP contribution in [-0.2, 0) is 19.0 Å². The van der Waals surface area contributed by atoms with Crippen molar-refractivity contribution in [1.29, 1.82) is 0 Å². The highest BCUT2D eigenvalue weighted by Crippen LogP contribution is 2.19. The van der Waals surface area contributed by atoms with E-state index in [9.17, 15) is 9.59 Å². The van der Waals surface area contributed by atoms with Crippen molar-refractivity contribution in [3.05, 3.63) is 34.0 Å². The normalized spacial score (nSPS) is 20.7. The molecular weight excluding hydrogens is 292 g/mol. The molecule has 120 valence electrons. The fourth-order valence-corrected chi connectivity index (χ4v) is 1.76. The lowest BCUT2D eigenvalue weighted by atomic mass is 10.3. The number of hydrogen-bond acceptors (Lipinski definition) is 7. The zero-order valence-electron chi connectivity index (χ0n) is 12.4. The van der Waals surface area contributed by atoms with Crippen LogP contribution in [0.2, 0.25) is 0 Å². The Bertz CT molecular complexity index is 650. The lowest BCUT2D eigenvalue weighted by Crippen LogP contribution is -2.52. The SMILES string of the molecule is CC(C)=C([NH3+])C(=O)OC[C@H]1OC[C@@H](n2ccc(N)nc2=O)O1. The van der Waals surface area contributed by atoms with E-state index in [-0.39, 0.29) is 19.0 Å². The van der Waals surface area contributed by atoms with Crippen LogP contribution in [0.4, 0.5) is 5.82 Å². The number of aromatic nitrogens is 2. The first-order valence-electron chi connectivity index (χ1n) is 6.66. The van der Waals surface area contributed by atoms with Gasteiger partial charge in [0.15, 0.2) is 12.5 Å². The summed E-state index contributed by atoms with van der Waals surface area (Å²) in [4.78, 5) is 27.0. The number of anilines is 1. The van der Waals surface area contributed by atoms with Crippen molar-refractivity contribution in [3.63, 3.8) is 0 Å². The molecule has 1 aromatic heterocycles. The van der Waals surface area contributed by atoms with E-state index in [1.165, 1.54) is 16.8 Å². The minimum absolute atomic E-state index is 0.0845. The number of carbonyl (C=O) groups is 1. The minimum atomic E-state index is -0.747. The second kappa shape index (κ2) is 6.69. The van der Waals surface area contributed by atoms with E-state index in [1.807, 2.05) is 0 Å². The van der Waals surface area contributed by atoms with Crippen molar-refractivity contribution in [3.8, 4) is 0 Å². The highest BCUT2D eigenvalue weighted by Gasteiger charge is 2.29. The lowest BCUT2D eigenvalue weighted by Gasteiger charge is -2.13. The summed E-state index contributed by atoms with van der Waals surface area (Å²) in [6, 6.07) is 1.49. The van der Waals surface area contributed by atoms with Crippen LogP contribution >= 0.6 is 0 Å². The van der Waals surface area contributed by atoms with Crippen molar-refractivity contribution in [1.82, 2.24) is 9.55 Å². The first kappa shape index (κ1) is 16.1. The summed E-state index contributed by atoms with van der Waals surface area (Å²) in [5.74, 6) is -0.391. The van der Waals surface area contributed by atoms with E-state index in [0.29, 0.717) is 5.70 Å². The van der Waals surface area contributed by atoms with Gasteiger partial charge in [-0.15, -0.1) is 0 Å². The van der Waals surface area contributed by atoms with Gasteiger partial charge in [-0.1, -0.05) is 0 Å². The molecule has 5 N–H and O–H groups in total. The third-order valence-corrected chi connectivity index (χ3v) is 3.10. The van der Waals surface area contributed by atoms with E-state index in [1.54, 1.807) is 13.8 Å². The summed E-state index contributed by atoms with van der Waals surface area (Å²) in [6.07, 6.45) is 0.0972. The van der Waals surface area contributed by atoms with Crippen LogP contribution in [0.3, 0.4) is 0 Å². The number of nitrogen functional groups attached to an aromatic ring is 1. The van der Waals surface area contributed by atoms with Gasteiger partial charge in [0.1, 0.15) is 12.4 Å². The van der Waals surface area contributed by atoms with Crippen LogP contribution in [0, 0.1) is 0 Å². The Morgan fingerprint density at radius 1 is 1.59 bits per heavy atom. The molecule has 0 radical (unpaired) electrons. The fraction of sp³-hybridized carbons (Fsp3) is 0.462. The van der Waals surface area contributed by atoms with Gasteiger partial charge in [-0.3, -0.25) is 4.57 Å². The van der Waals surface area contributed by atoms with Gasteiger partial charge in [0.05, 0.1) is 6.61 Å². The molecule has 2 rings (SSSR count). The maximum absolute atomic E-state index is 11.7. The molecule has 0 aliphatic carbocycles. The maximum Gasteiger partial charge on any atom is 0.392 e. The predicted octanol–water partition coefficient (Wildman–Crippen LogP) is -1.22. The van der Waals surface area contributed by atoms with Gasteiger partial charge >= 0.3 is 11.7 Å². The van der Waals surface area contributed by atoms with E-state index >= 15 is 0 Å². The average Bonchev–Trinajstić information content (AvgIpc) is 2.92. The Labute approximate surface area is 126 Å². The first-order chi connectivity index (χ1) is 10.4. The van der Waals surface area contributed by atoms with Crippen molar-refractivity contribution >= 4 is 11.8 Å². The molecule has 9 nitrogen and oxygen atoms in total. The molecule has 22 heavy (non-hydrogen) atoms. The van der Waals surface area contributed by atoms with Gasteiger partial charge in [-0.05, 0) is 25.5 Å². The second-order valence-electron chi connectivity index (χ2n) is 4.97. The van der Waals surface area contributed by atoms with Gasteiger partial charge in [-0.2, -0.15) is 4.98 Å². The van der Waals surface area contributed by atoms with Crippen LogP contribution in [0.15, 0.2) is 28.3 Å². The second-order valence-corrected chi connectivity index (χ2v) is 4.97. The number of carbonyl (C=O) groups excluding carboxylic acids is 1. The molecule has 0 spiro atoms. The van der Waals surface area contributed by atoms with Gasteiger partial charge in [0.2, 0.25) is 5.70 Å². The molecule has 0 saturated carbocycles. The van der Waals surface area contributed by atoms with Gasteiger partial charge < -0.3 is 25.7 Å². The smallest absolute Gasteiger partial charge is 0.392 e. The van der Waals surface area contributed by atoms with Crippen LogP contribution < -0.4 is 17.2 Å². The number of esters is 1. The molecular formula is C13H19N4O5+. The Balaban J connectivity index is 1.92. The quantitative estimate of drug-likeness (QED) is 0.525. The van der Waals surface area contributed by atoms with E-state index < -0.39 is 24.2 Å². The average molecular weight is 311 g/mol. The Kier molecular flexibility index (Phi) is 4.91. The van der Waals surface area contributed by atoms with Crippen molar-refractivity contribution < 1.29 is 24.7 Å². The highest BCUT2D eigenvalue weighted by atomic mass is 16.7. The minimum Gasteiger partial charge on any atom is -0.453 e. The Morgan fingerprint density at radius 2 is 2.32 bits per heavy atom. The number of ether oxygens (including phenoxy) is 3. The van der Waals surface area contributed by atoms with Crippen molar-refractivity contribution in [2.24, 2.45) is 0 Å². The zero-order valence-corrected chi connectivity index (χ0v) is 12.4. The summed E-state index contributed by atoms with van der Waals surface area (Å²) in [6.45, 7) is 3.60. The fourth-order valence-electron chi connectivity index (χ4n) is 1.76. The lowest BCUT2D eigenvalue weighted by molar-refractivity contribution is -0.305. The molecule has 0 amide bonds. The molecule has 1 aliphatic rings. The zero-order chi connectivity index (χ0) is 16.3. The van der Waals surface area contributed by atoms with Gasteiger partial charge in [-0.25, -0.2) is 9.59 Å². The summed E-state index contributed by atoms with van der Waals surface area (Å²) in [5, 5.41) is 0.